The molecule has 1 N–H and O–H groups in total. The number of nitrogens with one attached hydrogen (secondary N) is 1. The molecule has 2 aromatic heterocycles. The van der Waals surface area contributed by atoms with Crippen molar-refractivity contribution in [1.29, 1.82) is 0 Å². The van der Waals surface area contributed by atoms with Crippen molar-refractivity contribution in [2.75, 3.05) is 18.5 Å². The van der Waals surface area contributed by atoms with E-state index in [9.17, 15) is 4.79 Å². The van der Waals surface area contributed by atoms with E-state index in [1.54, 1.807) is 23.8 Å². The summed E-state index contributed by atoms with van der Waals surface area (Å²) in [5, 5.41) is 5.95. The molecule has 1 aliphatic heterocycles. The Morgan fingerprint density at radius 2 is 2.04 bits per heavy atom. The monoisotopic (exact) mass is 412 g/mol. The van der Waals surface area contributed by atoms with E-state index in [1.807, 2.05) is 30.0 Å². The maximum absolute atomic E-state index is 12.5. The molecule has 28 heavy (non-hydrogen) atoms. The van der Waals surface area contributed by atoms with Crippen LogP contribution in [0.5, 0.6) is 0 Å². The van der Waals surface area contributed by atoms with Gasteiger partial charge in [0.05, 0.1) is 0 Å². The summed E-state index contributed by atoms with van der Waals surface area (Å²) in [4.78, 5) is 25.3. The SMILES string of the molecule is O=C(Nc1cccc(CSC2CCOCC2)c1)c1csc(-c2ncccn2)n1. The molecule has 6 nitrogen and oxygen atoms in total. The zero-order valence-corrected chi connectivity index (χ0v) is 16.8. The van der Waals surface area contributed by atoms with Crippen LogP contribution in [0.4, 0.5) is 5.69 Å². The van der Waals surface area contributed by atoms with Crippen molar-refractivity contribution in [3.8, 4) is 10.8 Å². The summed E-state index contributed by atoms with van der Waals surface area (Å²) in [6.07, 6.45) is 5.54. The van der Waals surface area contributed by atoms with E-state index in [-0.39, 0.29) is 5.91 Å². The molecule has 3 aromatic rings. The Bertz CT molecular complexity index is 927. The van der Waals surface area contributed by atoms with Gasteiger partial charge in [0, 0.05) is 47.7 Å². The van der Waals surface area contributed by atoms with Crippen LogP contribution < -0.4 is 5.32 Å². The highest BCUT2D eigenvalue weighted by atomic mass is 32.2. The van der Waals surface area contributed by atoms with Crippen LogP contribution in [-0.4, -0.2) is 39.3 Å². The Morgan fingerprint density at radius 3 is 2.86 bits per heavy atom. The Morgan fingerprint density at radius 1 is 1.21 bits per heavy atom. The second-order valence-electron chi connectivity index (χ2n) is 6.39. The molecular weight excluding hydrogens is 392 g/mol. The van der Waals surface area contributed by atoms with E-state index in [4.69, 9.17) is 4.74 Å². The van der Waals surface area contributed by atoms with Crippen LogP contribution in [0.15, 0.2) is 48.1 Å². The van der Waals surface area contributed by atoms with Crippen LogP contribution in [-0.2, 0) is 10.5 Å². The van der Waals surface area contributed by atoms with Gasteiger partial charge in [-0.25, -0.2) is 15.0 Å². The minimum absolute atomic E-state index is 0.229. The summed E-state index contributed by atoms with van der Waals surface area (Å²) in [6, 6.07) is 9.74. The van der Waals surface area contributed by atoms with Gasteiger partial charge in [-0.2, -0.15) is 11.8 Å². The topological polar surface area (TPSA) is 77.0 Å². The molecule has 0 saturated carbocycles. The lowest BCUT2D eigenvalue weighted by Gasteiger charge is -2.21. The number of carbonyl (C=O) groups is 1. The molecule has 1 fully saturated rings. The van der Waals surface area contributed by atoms with Gasteiger partial charge >= 0.3 is 0 Å². The number of thioether (sulfide) groups is 1. The van der Waals surface area contributed by atoms with Gasteiger partial charge in [-0.15, -0.1) is 11.3 Å². The van der Waals surface area contributed by atoms with Gasteiger partial charge in [-0.1, -0.05) is 12.1 Å². The molecule has 0 bridgehead atoms. The lowest BCUT2D eigenvalue weighted by Crippen LogP contribution is -2.17. The molecule has 144 valence electrons. The highest BCUT2D eigenvalue weighted by Crippen LogP contribution is 2.27. The summed E-state index contributed by atoms with van der Waals surface area (Å²) in [7, 11) is 0. The number of benzene rings is 1. The van der Waals surface area contributed by atoms with Crippen LogP contribution in [0.25, 0.3) is 10.8 Å². The summed E-state index contributed by atoms with van der Waals surface area (Å²) in [5.41, 5.74) is 2.35. The second-order valence-corrected chi connectivity index (χ2v) is 8.53. The summed E-state index contributed by atoms with van der Waals surface area (Å²) in [6.45, 7) is 1.72. The number of anilines is 1. The van der Waals surface area contributed by atoms with Gasteiger partial charge in [-0.05, 0) is 36.6 Å². The first-order chi connectivity index (χ1) is 13.8. The Hall–Kier alpha value is -2.29. The standard InChI is InChI=1S/C20H20N4O2S2/c25-19(17-13-28-20(24-17)18-21-7-2-8-22-18)23-15-4-1-3-14(11-15)12-27-16-5-9-26-10-6-16/h1-4,7-8,11,13,16H,5-6,9-10,12H2,(H,23,25). The van der Waals surface area contributed by atoms with E-state index < -0.39 is 0 Å². The van der Waals surface area contributed by atoms with Gasteiger partial charge in [0.2, 0.25) is 0 Å². The molecule has 0 spiro atoms. The van der Waals surface area contributed by atoms with Crippen LogP contribution in [0.2, 0.25) is 0 Å². The molecule has 8 heteroatoms. The predicted octanol–water partition coefficient (Wildman–Crippen LogP) is 4.26. The molecule has 1 saturated heterocycles. The smallest absolute Gasteiger partial charge is 0.275 e. The summed E-state index contributed by atoms with van der Waals surface area (Å²) < 4.78 is 5.41. The van der Waals surface area contributed by atoms with Crippen molar-refractivity contribution in [2.45, 2.75) is 23.8 Å². The van der Waals surface area contributed by atoms with E-state index in [2.05, 4.69) is 26.3 Å². The maximum Gasteiger partial charge on any atom is 0.275 e. The predicted molar refractivity (Wildman–Crippen MR) is 113 cm³/mol. The highest BCUT2D eigenvalue weighted by Gasteiger charge is 2.15. The van der Waals surface area contributed by atoms with E-state index in [0.29, 0.717) is 21.8 Å². The molecule has 3 heterocycles. The molecule has 0 radical (unpaired) electrons. The van der Waals surface area contributed by atoms with E-state index in [0.717, 1.165) is 37.5 Å². The third-order valence-corrected chi connectivity index (χ3v) is 6.61. The first-order valence-electron chi connectivity index (χ1n) is 9.10. The fraction of sp³-hybridized carbons (Fsp3) is 0.300. The summed E-state index contributed by atoms with van der Waals surface area (Å²) >= 11 is 3.32. The lowest BCUT2D eigenvalue weighted by molar-refractivity contribution is 0.0999. The van der Waals surface area contributed by atoms with Crippen molar-refractivity contribution in [1.82, 2.24) is 15.0 Å². The first-order valence-corrected chi connectivity index (χ1v) is 11.0. The average molecular weight is 413 g/mol. The average Bonchev–Trinajstić information content (AvgIpc) is 3.25. The summed E-state index contributed by atoms with van der Waals surface area (Å²) in [5.74, 6) is 1.23. The van der Waals surface area contributed by atoms with Crippen LogP contribution in [0.3, 0.4) is 0 Å². The number of thiazole rings is 1. The molecule has 1 aromatic carbocycles. The van der Waals surface area contributed by atoms with Crippen LogP contribution in [0.1, 0.15) is 28.9 Å². The number of carbonyl (C=O) groups excluding carboxylic acids is 1. The largest absolute Gasteiger partial charge is 0.381 e. The number of rotatable bonds is 6. The zero-order valence-electron chi connectivity index (χ0n) is 15.2. The van der Waals surface area contributed by atoms with Crippen LogP contribution >= 0.6 is 23.1 Å². The molecule has 0 atom stereocenters. The minimum Gasteiger partial charge on any atom is -0.381 e. The van der Waals surface area contributed by atoms with E-state index in [1.165, 1.54) is 16.9 Å². The van der Waals surface area contributed by atoms with Gasteiger partial charge in [-0.3, -0.25) is 4.79 Å². The Kier molecular flexibility index (Phi) is 6.31. The zero-order chi connectivity index (χ0) is 19.2. The van der Waals surface area contributed by atoms with E-state index >= 15 is 0 Å². The van der Waals surface area contributed by atoms with Gasteiger partial charge in [0.25, 0.3) is 5.91 Å². The van der Waals surface area contributed by atoms with Gasteiger partial charge in [0.1, 0.15) is 5.69 Å². The first kappa shape index (κ1) is 19.0. The maximum atomic E-state index is 12.5. The molecule has 4 rings (SSSR count). The number of nitrogens with zero attached hydrogens (tertiary/aromatic N) is 3. The fourth-order valence-electron chi connectivity index (χ4n) is 2.88. The number of hydrogen-bond acceptors (Lipinski definition) is 7. The molecule has 1 amide bonds. The highest BCUT2D eigenvalue weighted by molar-refractivity contribution is 7.99. The van der Waals surface area contributed by atoms with Crippen LogP contribution in [0, 0.1) is 0 Å². The Balaban J connectivity index is 1.37. The minimum atomic E-state index is -0.229. The third-order valence-electron chi connectivity index (χ3n) is 4.33. The number of hydrogen-bond donors (Lipinski definition) is 1. The van der Waals surface area contributed by atoms with Gasteiger partial charge in [0.15, 0.2) is 10.8 Å². The number of ether oxygens (including phenoxy) is 1. The third kappa shape index (κ3) is 4.95. The molecule has 1 aliphatic rings. The van der Waals surface area contributed by atoms with Crippen molar-refractivity contribution >= 4 is 34.7 Å². The van der Waals surface area contributed by atoms with Crippen molar-refractivity contribution in [3.05, 3.63) is 59.4 Å². The van der Waals surface area contributed by atoms with Crippen molar-refractivity contribution in [3.63, 3.8) is 0 Å². The second kappa shape index (κ2) is 9.27. The quantitative estimate of drug-likeness (QED) is 0.652. The number of amides is 1. The fourth-order valence-corrected chi connectivity index (χ4v) is 4.76. The molecule has 0 aliphatic carbocycles. The van der Waals surface area contributed by atoms with Gasteiger partial charge < -0.3 is 10.1 Å². The molecular formula is C20H20N4O2S2. The normalized spacial score (nSPS) is 14.7. The number of aromatic nitrogens is 3. The van der Waals surface area contributed by atoms with Crippen molar-refractivity contribution < 1.29 is 9.53 Å². The Labute approximate surface area is 171 Å². The lowest BCUT2D eigenvalue weighted by atomic mass is 10.2. The van der Waals surface area contributed by atoms with Crippen molar-refractivity contribution in [2.24, 2.45) is 0 Å². The molecule has 0 unspecified atom stereocenters.